The Hall–Kier alpha value is -2.70. The van der Waals surface area contributed by atoms with Crippen molar-refractivity contribution in [1.82, 2.24) is 19.2 Å². The molecule has 0 radical (unpaired) electrons. The lowest BCUT2D eigenvalue weighted by atomic mass is 9.91. The van der Waals surface area contributed by atoms with E-state index in [1.54, 1.807) is 21.5 Å². The van der Waals surface area contributed by atoms with Crippen LogP contribution in [0.15, 0.2) is 59.8 Å². The summed E-state index contributed by atoms with van der Waals surface area (Å²) in [6.07, 6.45) is 6.96. The first-order valence-electron chi connectivity index (χ1n) is 9.63. The Morgan fingerprint density at radius 2 is 1.75 bits per heavy atom. The number of benzene rings is 1. The first-order valence-corrected chi connectivity index (χ1v) is 9.63. The Morgan fingerprint density at radius 1 is 1.04 bits per heavy atom. The number of aliphatic hydroxyl groups is 1. The van der Waals surface area contributed by atoms with E-state index in [0.29, 0.717) is 19.4 Å². The van der Waals surface area contributed by atoms with Gasteiger partial charge in [-0.15, -0.1) is 0 Å². The maximum atomic E-state index is 12.9. The molecule has 0 amide bonds. The summed E-state index contributed by atoms with van der Waals surface area (Å²) in [6.45, 7) is 1.98. The fraction of sp³-hybridized carbons (Fsp3) is 0.364. The third-order valence-electron chi connectivity index (χ3n) is 5.61. The lowest BCUT2D eigenvalue weighted by Gasteiger charge is -2.37. The van der Waals surface area contributed by atoms with Crippen LogP contribution in [0.25, 0.3) is 22.3 Å². The second-order valence-corrected chi connectivity index (χ2v) is 7.86. The molecule has 1 aliphatic rings. The van der Waals surface area contributed by atoms with E-state index in [9.17, 15) is 9.90 Å². The van der Waals surface area contributed by atoms with Crippen molar-refractivity contribution < 1.29 is 5.11 Å². The summed E-state index contributed by atoms with van der Waals surface area (Å²) in [7, 11) is 3.93. The maximum Gasteiger partial charge on any atom is 0.251 e. The van der Waals surface area contributed by atoms with Crippen molar-refractivity contribution in [3.63, 3.8) is 0 Å². The molecule has 0 atom stereocenters. The smallest absolute Gasteiger partial charge is 0.251 e. The first kappa shape index (κ1) is 18.7. The van der Waals surface area contributed by atoms with Gasteiger partial charge in [-0.2, -0.15) is 5.10 Å². The van der Waals surface area contributed by atoms with Crippen LogP contribution in [0.5, 0.6) is 0 Å². The van der Waals surface area contributed by atoms with E-state index >= 15 is 0 Å². The molecule has 28 heavy (non-hydrogen) atoms. The molecule has 0 bridgehead atoms. The molecule has 6 heteroatoms. The van der Waals surface area contributed by atoms with Gasteiger partial charge >= 0.3 is 0 Å². The predicted octanol–water partition coefficient (Wildman–Crippen LogP) is 2.37. The molecule has 1 fully saturated rings. The van der Waals surface area contributed by atoms with Crippen LogP contribution in [0.3, 0.4) is 0 Å². The minimum absolute atomic E-state index is 0.0983. The minimum Gasteiger partial charge on any atom is -0.388 e. The zero-order valence-electron chi connectivity index (χ0n) is 16.4. The largest absolute Gasteiger partial charge is 0.388 e. The summed E-state index contributed by atoms with van der Waals surface area (Å²) in [5.74, 6) is 0. The Kier molecular flexibility index (Phi) is 4.91. The van der Waals surface area contributed by atoms with E-state index in [1.807, 2.05) is 49.8 Å². The Labute approximate surface area is 164 Å². The van der Waals surface area contributed by atoms with Gasteiger partial charge in [0.15, 0.2) is 0 Å². The highest BCUT2D eigenvalue weighted by Gasteiger charge is 2.32. The molecule has 0 unspecified atom stereocenters. The Morgan fingerprint density at radius 3 is 2.39 bits per heavy atom. The van der Waals surface area contributed by atoms with Crippen molar-refractivity contribution in [3.05, 3.63) is 65.3 Å². The van der Waals surface area contributed by atoms with Gasteiger partial charge in [0.25, 0.3) is 5.56 Å². The molecule has 1 aromatic carbocycles. The number of nitrogens with zero attached hydrogens (tertiary/aromatic N) is 4. The zero-order chi connectivity index (χ0) is 19.7. The highest BCUT2D eigenvalue weighted by molar-refractivity contribution is 5.82. The first-order chi connectivity index (χ1) is 13.4. The average Bonchev–Trinajstić information content (AvgIpc) is 3.13. The van der Waals surface area contributed by atoms with Crippen molar-refractivity contribution >= 4 is 0 Å². The molecule has 146 valence electrons. The Bertz CT molecular complexity index is 1010. The van der Waals surface area contributed by atoms with E-state index in [4.69, 9.17) is 0 Å². The lowest BCUT2D eigenvalue weighted by Crippen LogP contribution is -2.46. The number of aryl methyl sites for hydroxylation is 1. The van der Waals surface area contributed by atoms with Crippen LogP contribution in [0, 0.1) is 0 Å². The summed E-state index contributed by atoms with van der Waals surface area (Å²) < 4.78 is 3.41. The van der Waals surface area contributed by atoms with E-state index in [0.717, 1.165) is 35.3 Å². The zero-order valence-corrected chi connectivity index (χ0v) is 16.4. The molecule has 1 saturated heterocycles. The fourth-order valence-corrected chi connectivity index (χ4v) is 3.85. The summed E-state index contributed by atoms with van der Waals surface area (Å²) in [4.78, 5) is 15.1. The summed E-state index contributed by atoms with van der Waals surface area (Å²) in [5, 5.41) is 15.3. The molecule has 3 aromatic rings. The molecule has 2 aromatic heterocycles. The molecule has 0 saturated carbocycles. The Balaban J connectivity index is 1.78. The molecule has 1 N–H and O–H groups in total. The second-order valence-electron chi connectivity index (χ2n) is 7.86. The standard InChI is InChI=1S/C22H26N4O2/c1-24-10-8-22(28,9-11-24)16-26-15-20(18-13-23-25(2)14-18)19(12-21(26)27)17-6-4-3-5-7-17/h3-7,12-15,28H,8-11,16H2,1-2H3. The predicted molar refractivity (Wildman–Crippen MR) is 110 cm³/mol. The number of rotatable bonds is 4. The molecule has 1 aliphatic heterocycles. The van der Waals surface area contributed by atoms with Crippen molar-refractivity contribution in [3.8, 4) is 22.3 Å². The van der Waals surface area contributed by atoms with E-state index in [2.05, 4.69) is 17.0 Å². The normalized spacial score (nSPS) is 17.0. The number of piperidine rings is 1. The van der Waals surface area contributed by atoms with Crippen LogP contribution >= 0.6 is 0 Å². The van der Waals surface area contributed by atoms with Crippen LogP contribution < -0.4 is 5.56 Å². The molecule has 4 rings (SSSR count). The molecule has 0 aliphatic carbocycles. The van der Waals surface area contributed by atoms with E-state index < -0.39 is 5.60 Å². The second kappa shape index (κ2) is 7.37. The highest BCUT2D eigenvalue weighted by Crippen LogP contribution is 2.31. The van der Waals surface area contributed by atoms with Crippen molar-refractivity contribution in [2.75, 3.05) is 20.1 Å². The molecule has 6 nitrogen and oxygen atoms in total. The van der Waals surface area contributed by atoms with Crippen molar-refractivity contribution in [2.24, 2.45) is 7.05 Å². The van der Waals surface area contributed by atoms with Crippen LogP contribution in [0.4, 0.5) is 0 Å². The number of hydrogen-bond acceptors (Lipinski definition) is 4. The van der Waals surface area contributed by atoms with Gasteiger partial charge in [0.2, 0.25) is 0 Å². The van der Waals surface area contributed by atoms with Gasteiger partial charge in [0.1, 0.15) is 0 Å². The number of pyridine rings is 1. The van der Waals surface area contributed by atoms with Gasteiger partial charge < -0.3 is 14.6 Å². The third kappa shape index (κ3) is 3.79. The van der Waals surface area contributed by atoms with Crippen molar-refractivity contribution in [1.29, 1.82) is 0 Å². The summed E-state index contributed by atoms with van der Waals surface area (Å²) in [5.41, 5.74) is 2.81. The lowest BCUT2D eigenvalue weighted by molar-refractivity contribution is -0.0297. The minimum atomic E-state index is -0.850. The molecule has 0 spiro atoms. The van der Waals surface area contributed by atoms with E-state index in [-0.39, 0.29) is 5.56 Å². The van der Waals surface area contributed by atoms with Gasteiger partial charge in [0.05, 0.1) is 18.3 Å². The van der Waals surface area contributed by atoms with Gasteiger partial charge in [-0.3, -0.25) is 9.48 Å². The van der Waals surface area contributed by atoms with E-state index in [1.165, 1.54) is 0 Å². The van der Waals surface area contributed by atoms with Gasteiger partial charge in [-0.1, -0.05) is 30.3 Å². The van der Waals surface area contributed by atoms with Crippen LogP contribution in [-0.2, 0) is 13.6 Å². The van der Waals surface area contributed by atoms with Crippen LogP contribution in [0.1, 0.15) is 12.8 Å². The van der Waals surface area contributed by atoms with Crippen LogP contribution in [-0.4, -0.2) is 50.1 Å². The summed E-state index contributed by atoms with van der Waals surface area (Å²) >= 11 is 0. The average molecular weight is 378 g/mol. The quantitative estimate of drug-likeness (QED) is 0.757. The third-order valence-corrected chi connectivity index (χ3v) is 5.61. The van der Waals surface area contributed by atoms with Crippen LogP contribution in [0.2, 0.25) is 0 Å². The maximum absolute atomic E-state index is 12.9. The molecular weight excluding hydrogens is 352 g/mol. The number of aromatic nitrogens is 3. The fourth-order valence-electron chi connectivity index (χ4n) is 3.85. The van der Waals surface area contributed by atoms with Gasteiger partial charge in [0, 0.05) is 49.7 Å². The molecular formula is C22H26N4O2. The number of hydrogen-bond donors (Lipinski definition) is 1. The topological polar surface area (TPSA) is 63.3 Å². The van der Waals surface area contributed by atoms with Crippen molar-refractivity contribution in [2.45, 2.75) is 25.0 Å². The number of likely N-dealkylation sites (tertiary alicyclic amines) is 1. The van der Waals surface area contributed by atoms with Gasteiger partial charge in [-0.25, -0.2) is 0 Å². The molecule has 3 heterocycles. The highest BCUT2D eigenvalue weighted by atomic mass is 16.3. The monoisotopic (exact) mass is 378 g/mol. The summed E-state index contributed by atoms with van der Waals surface area (Å²) in [6, 6.07) is 11.6. The van der Waals surface area contributed by atoms with Gasteiger partial charge in [-0.05, 0) is 31.0 Å². The SMILES string of the molecule is CN1CCC(O)(Cn2cc(-c3cnn(C)c3)c(-c3ccccc3)cc2=O)CC1.